The van der Waals surface area contributed by atoms with E-state index in [0.717, 1.165) is 15.6 Å². The van der Waals surface area contributed by atoms with Gasteiger partial charge in [0.2, 0.25) is 0 Å². The molecule has 1 atom stereocenters. The van der Waals surface area contributed by atoms with E-state index < -0.39 is 17.7 Å². The SMILES string of the molecule is Cc1ccccc1COc1ccc(/C(O)=C2\C(=O)C(=O)N(c3nccs3)C2c2ccc(Br)cc2)cc1. The number of aryl methyl sites for hydroxylation is 1. The number of hydrogen-bond acceptors (Lipinski definition) is 6. The fourth-order valence-electron chi connectivity index (χ4n) is 4.12. The van der Waals surface area contributed by atoms with Crippen molar-refractivity contribution in [3.8, 4) is 5.75 Å². The number of aliphatic hydroxyl groups is 1. The highest BCUT2D eigenvalue weighted by molar-refractivity contribution is 9.10. The van der Waals surface area contributed by atoms with Crippen LogP contribution in [0, 0.1) is 6.92 Å². The van der Waals surface area contributed by atoms with E-state index in [1.165, 1.54) is 16.2 Å². The molecule has 0 saturated carbocycles. The van der Waals surface area contributed by atoms with Crippen LogP contribution in [0.2, 0.25) is 0 Å². The Hall–Kier alpha value is -3.75. The lowest BCUT2D eigenvalue weighted by atomic mass is 9.95. The predicted molar refractivity (Wildman–Crippen MR) is 143 cm³/mol. The molecule has 0 aliphatic carbocycles. The summed E-state index contributed by atoms with van der Waals surface area (Å²) in [6.07, 6.45) is 1.58. The molecule has 5 rings (SSSR count). The van der Waals surface area contributed by atoms with Gasteiger partial charge in [0.25, 0.3) is 5.78 Å². The number of amides is 1. The first-order valence-electron chi connectivity index (χ1n) is 11.2. The fourth-order valence-corrected chi connectivity index (χ4v) is 5.05. The van der Waals surface area contributed by atoms with Crippen LogP contribution in [0.4, 0.5) is 5.13 Å². The Kier molecular flexibility index (Phi) is 6.71. The second kappa shape index (κ2) is 10.1. The van der Waals surface area contributed by atoms with Crippen LogP contribution in [0.1, 0.15) is 28.3 Å². The summed E-state index contributed by atoms with van der Waals surface area (Å²) in [5.41, 5.74) is 3.35. The number of rotatable bonds is 6. The molecule has 3 aromatic carbocycles. The summed E-state index contributed by atoms with van der Waals surface area (Å²) in [5, 5.41) is 13.4. The first-order chi connectivity index (χ1) is 17.4. The van der Waals surface area contributed by atoms with Gasteiger partial charge < -0.3 is 9.84 Å². The zero-order valence-electron chi connectivity index (χ0n) is 19.2. The average Bonchev–Trinajstić information content (AvgIpc) is 3.51. The Morgan fingerprint density at radius 2 is 1.78 bits per heavy atom. The number of carbonyl (C=O) groups excluding carboxylic acids is 2. The molecule has 1 aliphatic heterocycles. The van der Waals surface area contributed by atoms with Crippen molar-refractivity contribution in [2.75, 3.05) is 4.90 Å². The standard InChI is InChI=1S/C28H21BrN2O4S/c1-17-4-2-3-5-20(17)16-35-22-12-8-19(9-13-22)25(32)23-24(18-6-10-21(29)11-7-18)31(27(34)26(23)33)28-30-14-15-36-28/h2-15,24,32H,16H2,1H3/b25-23+. The number of ketones is 1. The minimum absolute atomic E-state index is 0.0195. The average molecular weight is 561 g/mol. The van der Waals surface area contributed by atoms with Gasteiger partial charge in [-0.25, -0.2) is 4.98 Å². The van der Waals surface area contributed by atoms with E-state index in [1.54, 1.807) is 35.8 Å². The van der Waals surface area contributed by atoms with Gasteiger partial charge in [0.05, 0.1) is 11.6 Å². The number of anilines is 1. The second-order valence-electron chi connectivity index (χ2n) is 8.27. The molecule has 8 heteroatoms. The minimum Gasteiger partial charge on any atom is -0.507 e. The number of Topliss-reactive ketones (excluding diaryl/α,β-unsaturated/α-hetero) is 1. The van der Waals surface area contributed by atoms with Gasteiger partial charge in [0.15, 0.2) is 5.13 Å². The number of thiazole rings is 1. The van der Waals surface area contributed by atoms with Crippen LogP contribution in [0.25, 0.3) is 5.76 Å². The van der Waals surface area contributed by atoms with Gasteiger partial charge in [-0.05, 0) is 60.0 Å². The summed E-state index contributed by atoms with van der Waals surface area (Å²) < 4.78 is 6.76. The van der Waals surface area contributed by atoms with Crippen molar-refractivity contribution in [3.63, 3.8) is 0 Å². The third-order valence-corrected chi connectivity index (χ3v) is 7.34. The van der Waals surface area contributed by atoms with Gasteiger partial charge >= 0.3 is 5.91 Å². The van der Waals surface area contributed by atoms with E-state index >= 15 is 0 Å². The number of halogens is 1. The molecule has 1 aliphatic rings. The number of ether oxygens (including phenoxy) is 1. The van der Waals surface area contributed by atoms with Crippen molar-refractivity contribution in [2.45, 2.75) is 19.6 Å². The second-order valence-corrected chi connectivity index (χ2v) is 10.1. The van der Waals surface area contributed by atoms with Crippen molar-refractivity contribution in [2.24, 2.45) is 0 Å². The van der Waals surface area contributed by atoms with Crippen LogP contribution in [-0.4, -0.2) is 21.8 Å². The van der Waals surface area contributed by atoms with Crippen LogP contribution in [0.3, 0.4) is 0 Å². The highest BCUT2D eigenvalue weighted by Crippen LogP contribution is 2.43. The highest BCUT2D eigenvalue weighted by atomic mass is 79.9. The highest BCUT2D eigenvalue weighted by Gasteiger charge is 2.47. The van der Waals surface area contributed by atoms with Crippen molar-refractivity contribution < 1.29 is 19.4 Å². The van der Waals surface area contributed by atoms with Crippen LogP contribution in [0.15, 0.2) is 94.4 Å². The van der Waals surface area contributed by atoms with E-state index in [-0.39, 0.29) is 11.3 Å². The van der Waals surface area contributed by atoms with Crippen molar-refractivity contribution >= 4 is 49.8 Å². The molecule has 1 unspecified atom stereocenters. The molecule has 2 heterocycles. The van der Waals surface area contributed by atoms with Gasteiger partial charge in [-0.15, -0.1) is 11.3 Å². The van der Waals surface area contributed by atoms with Gasteiger partial charge in [-0.2, -0.15) is 0 Å². The molecular weight excluding hydrogens is 540 g/mol. The summed E-state index contributed by atoms with van der Waals surface area (Å²) in [6.45, 7) is 2.45. The van der Waals surface area contributed by atoms with Crippen LogP contribution in [0.5, 0.6) is 5.75 Å². The lowest BCUT2D eigenvalue weighted by Gasteiger charge is -2.23. The molecule has 0 spiro atoms. The predicted octanol–water partition coefficient (Wildman–Crippen LogP) is 6.42. The van der Waals surface area contributed by atoms with Gasteiger partial charge in [-0.1, -0.05) is 52.3 Å². The van der Waals surface area contributed by atoms with Crippen LogP contribution in [-0.2, 0) is 16.2 Å². The summed E-state index contributed by atoms with van der Waals surface area (Å²) >= 11 is 4.67. The quantitative estimate of drug-likeness (QED) is 0.167. The molecule has 0 bridgehead atoms. The maximum absolute atomic E-state index is 13.2. The Balaban J connectivity index is 1.49. The Morgan fingerprint density at radius 1 is 1.06 bits per heavy atom. The van der Waals surface area contributed by atoms with E-state index in [1.807, 2.05) is 55.5 Å². The lowest BCUT2D eigenvalue weighted by Crippen LogP contribution is -2.29. The van der Waals surface area contributed by atoms with Gasteiger partial charge in [0, 0.05) is 21.6 Å². The number of aromatic nitrogens is 1. The molecule has 1 fully saturated rings. The zero-order valence-corrected chi connectivity index (χ0v) is 21.6. The molecule has 1 saturated heterocycles. The number of benzene rings is 3. The van der Waals surface area contributed by atoms with E-state index in [0.29, 0.717) is 28.6 Å². The molecular formula is C28H21BrN2O4S. The van der Waals surface area contributed by atoms with Crippen molar-refractivity contribution in [1.82, 2.24) is 4.98 Å². The van der Waals surface area contributed by atoms with Crippen molar-refractivity contribution in [3.05, 3.63) is 117 Å². The zero-order chi connectivity index (χ0) is 25.2. The Labute approximate surface area is 220 Å². The van der Waals surface area contributed by atoms with E-state index in [2.05, 4.69) is 20.9 Å². The molecule has 0 radical (unpaired) electrons. The third-order valence-electron chi connectivity index (χ3n) is 6.04. The van der Waals surface area contributed by atoms with Gasteiger partial charge in [-0.3, -0.25) is 14.5 Å². The number of carbonyl (C=O) groups is 2. The summed E-state index contributed by atoms with van der Waals surface area (Å²) in [7, 11) is 0. The van der Waals surface area contributed by atoms with Crippen LogP contribution < -0.4 is 9.64 Å². The number of aliphatic hydroxyl groups excluding tert-OH is 1. The lowest BCUT2D eigenvalue weighted by molar-refractivity contribution is -0.132. The first kappa shape index (κ1) is 24.0. The molecule has 1 N–H and O–H groups in total. The van der Waals surface area contributed by atoms with Crippen LogP contribution >= 0.6 is 27.3 Å². The Bertz CT molecular complexity index is 1450. The maximum Gasteiger partial charge on any atom is 0.301 e. The minimum atomic E-state index is -0.804. The molecule has 6 nitrogen and oxygen atoms in total. The van der Waals surface area contributed by atoms with Gasteiger partial charge in [0.1, 0.15) is 18.1 Å². The van der Waals surface area contributed by atoms with E-state index in [9.17, 15) is 14.7 Å². The monoisotopic (exact) mass is 560 g/mol. The first-order valence-corrected chi connectivity index (χ1v) is 12.8. The molecule has 180 valence electrons. The molecule has 4 aromatic rings. The molecule has 1 amide bonds. The number of nitrogens with zero attached hydrogens (tertiary/aromatic N) is 2. The maximum atomic E-state index is 13.2. The third kappa shape index (κ3) is 4.57. The molecule has 1 aromatic heterocycles. The largest absolute Gasteiger partial charge is 0.507 e. The normalized spacial score (nSPS) is 16.9. The summed E-state index contributed by atoms with van der Waals surface area (Å²) in [5.74, 6) is -1.10. The van der Waals surface area contributed by atoms with Crippen molar-refractivity contribution in [1.29, 1.82) is 0 Å². The fraction of sp³-hybridized carbons (Fsp3) is 0.107. The van der Waals surface area contributed by atoms with E-state index in [4.69, 9.17) is 4.74 Å². The summed E-state index contributed by atoms with van der Waals surface area (Å²) in [4.78, 5) is 31.8. The Morgan fingerprint density at radius 3 is 2.44 bits per heavy atom. The topological polar surface area (TPSA) is 79.7 Å². The number of hydrogen-bond donors (Lipinski definition) is 1. The smallest absolute Gasteiger partial charge is 0.301 e. The molecule has 36 heavy (non-hydrogen) atoms. The summed E-state index contributed by atoms with van der Waals surface area (Å²) in [6, 6.07) is 21.3.